The summed E-state index contributed by atoms with van der Waals surface area (Å²) in [6.45, 7) is 5.52. The molecule has 1 saturated heterocycles. The number of aryl methyl sites for hydroxylation is 1. The van der Waals surface area contributed by atoms with Crippen molar-refractivity contribution in [3.05, 3.63) is 17.0 Å². The minimum absolute atomic E-state index is 0.0115. The SMILES string of the molecule is CCOC(=O)c1[nH]c(C)c(S(=O)(=O)N[C@@H]2CCCCNC2=O)c1C. The molecule has 1 aliphatic rings. The molecule has 0 aliphatic carbocycles. The van der Waals surface area contributed by atoms with Crippen LogP contribution >= 0.6 is 0 Å². The van der Waals surface area contributed by atoms with Gasteiger partial charge >= 0.3 is 5.97 Å². The summed E-state index contributed by atoms with van der Waals surface area (Å²) in [6.07, 6.45) is 2.02. The topological polar surface area (TPSA) is 117 Å². The molecule has 9 heteroatoms. The van der Waals surface area contributed by atoms with Crippen LogP contribution in [0.5, 0.6) is 0 Å². The van der Waals surface area contributed by atoms with Crippen molar-refractivity contribution >= 4 is 21.9 Å². The van der Waals surface area contributed by atoms with Crippen molar-refractivity contribution in [1.29, 1.82) is 0 Å². The maximum atomic E-state index is 12.7. The summed E-state index contributed by atoms with van der Waals surface area (Å²) in [5.41, 5.74) is 0.726. The summed E-state index contributed by atoms with van der Waals surface area (Å²) in [4.78, 5) is 26.6. The number of nitrogens with one attached hydrogen (secondary N) is 3. The van der Waals surface area contributed by atoms with Crippen LogP contribution in [0.1, 0.15) is 47.9 Å². The highest BCUT2D eigenvalue weighted by Gasteiger charge is 2.31. The van der Waals surface area contributed by atoms with Gasteiger partial charge in [-0.2, -0.15) is 4.72 Å². The Kier molecular flexibility index (Phi) is 5.66. The van der Waals surface area contributed by atoms with Crippen LogP contribution in [0, 0.1) is 13.8 Å². The molecule has 1 amide bonds. The average Bonchev–Trinajstić information content (AvgIpc) is 2.67. The van der Waals surface area contributed by atoms with Gasteiger partial charge in [0.2, 0.25) is 15.9 Å². The number of rotatable bonds is 5. The number of sulfonamides is 1. The molecule has 0 bridgehead atoms. The third kappa shape index (κ3) is 3.78. The van der Waals surface area contributed by atoms with Crippen LogP contribution in [0.3, 0.4) is 0 Å². The summed E-state index contributed by atoms with van der Waals surface area (Å²) in [7, 11) is -3.95. The molecule has 0 aromatic carbocycles. The minimum Gasteiger partial charge on any atom is -0.461 e. The lowest BCUT2D eigenvalue weighted by atomic mass is 10.1. The van der Waals surface area contributed by atoms with E-state index in [0.29, 0.717) is 18.7 Å². The highest BCUT2D eigenvalue weighted by Crippen LogP contribution is 2.24. The molecule has 134 valence electrons. The summed E-state index contributed by atoms with van der Waals surface area (Å²) < 4.78 is 32.8. The second-order valence-corrected chi connectivity index (χ2v) is 7.41. The van der Waals surface area contributed by atoms with E-state index in [1.54, 1.807) is 13.8 Å². The quantitative estimate of drug-likeness (QED) is 0.672. The molecule has 1 atom stereocenters. The lowest BCUT2D eigenvalue weighted by Gasteiger charge is -2.16. The largest absolute Gasteiger partial charge is 0.461 e. The summed E-state index contributed by atoms with van der Waals surface area (Å²) in [5.74, 6) is -0.931. The number of aromatic amines is 1. The number of H-pyrrole nitrogens is 1. The van der Waals surface area contributed by atoms with E-state index in [1.165, 1.54) is 6.92 Å². The normalized spacial score (nSPS) is 18.8. The Balaban J connectivity index is 2.32. The minimum atomic E-state index is -3.95. The smallest absolute Gasteiger partial charge is 0.355 e. The highest BCUT2D eigenvalue weighted by atomic mass is 32.2. The van der Waals surface area contributed by atoms with Gasteiger partial charge in [0.1, 0.15) is 16.6 Å². The van der Waals surface area contributed by atoms with Crippen LogP contribution in [0.2, 0.25) is 0 Å². The van der Waals surface area contributed by atoms with E-state index in [1.807, 2.05) is 0 Å². The van der Waals surface area contributed by atoms with Crippen molar-refractivity contribution in [2.24, 2.45) is 0 Å². The summed E-state index contributed by atoms with van der Waals surface area (Å²) in [5, 5.41) is 2.69. The summed E-state index contributed by atoms with van der Waals surface area (Å²) in [6, 6.07) is -0.808. The lowest BCUT2D eigenvalue weighted by molar-refractivity contribution is -0.122. The van der Waals surface area contributed by atoms with E-state index in [9.17, 15) is 18.0 Å². The van der Waals surface area contributed by atoms with E-state index < -0.39 is 22.0 Å². The van der Waals surface area contributed by atoms with Gasteiger partial charge in [0, 0.05) is 17.8 Å². The van der Waals surface area contributed by atoms with Crippen LogP contribution in [0.25, 0.3) is 0 Å². The Bertz CT molecular complexity index is 739. The molecule has 8 nitrogen and oxygen atoms in total. The van der Waals surface area contributed by atoms with E-state index in [0.717, 1.165) is 12.8 Å². The molecule has 2 rings (SSSR count). The Morgan fingerprint density at radius 2 is 2.04 bits per heavy atom. The fourth-order valence-corrected chi connectivity index (χ4v) is 4.52. The molecule has 1 aliphatic heterocycles. The number of ether oxygens (including phenoxy) is 1. The first-order chi connectivity index (χ1) is 11.3. The van der Waals surface area contributed by atoms with Gasteiger partial charge in [-0.3, -0.25) is 4.79 Å². The molecule has 0 spiro atoms. The van der Waals surface area contributed by atoms with Crippen molar-refractivity contribution in [1.82, 2.24) is 15.0 Å². The summed E-state index contributed by atoms with van der Waals surface area (Å²) >= 11 is 0. The van der Waals surface area contributed by atoms with Crippen LogP contribution in [-0.2, 0) is 19.6 Å². The Morgan fingerprint density at radius 3 is 2.71 bits per heavy atom. The Morgan fingerprint density at radius 1 is 1.33 bits per heavy atom. The first kappa shape index (κ1) is 18.5. The zero-order valence-electron chi connectivity index (χ0n) is 14.1. The first-order valence-corrected chi connectivity index (χ1v) is 9.42. The highest BCUT2D eigenvalue weighted by molar-refractivity contribution is 7.89. The molecule has 1 aromatic rings. The number of amides is 1. The second-order valence-electron chi connectivity index (χ2n) is 5.76. The number of carbonyl (C=O) groups excluding carboxylic acids is 2. The third-order valence-corrected chi connectivity index (χ3v) is 5.69. The Hall–Kier alpha value is -1.87. The predicted molar refractivity (Wildman–Crippen MR) is 87.2 cm³/mol. The fraction of sp³-hybridized carbons (Fsp3) is 0.600. The van der Waals surface area contributed by atoms with Crippen molar-refractivity contribution in [3.63, 3.8) is 0 Å². The molecular formula is C15H23N3O5S. The van der Waals surface area contributed by atoms with Gasteiger partial charge < -0.3 is 15.0 Å². The van der Waals surface area contributed by atoms with Gasteiger partial charge in [-0.05, 0) is 40.0 Å². The van der Waals surface area contributed by atoms with E-state index >= 15 is 0 Å². The third-order valence-electron chi connectivity index (χ3n) is 3.95. The lowest BCUT2D eigenvalue weighted by Crippen LogP contribution is -2.45. The van der Waals surface area contributed by atoms with Gasteiger partial charge in [-0.1, -0.05) is 0 Å². The molecule has 0 unspecified atom stereocenters. The zero-order chi connectivity index (χ0) is 17.9. The number of carbonyl (C=O) groups is 2. The molecular weight excluding hydrogens is 334 g/mol. The van der Waals surface area contributed by atoms with E-state index in [2.05, 4.69) is 15.0 Å². The maximum absolute atomic E-state index is 12.7. The maximum Gasteiger partial charge on any atom is 0.355 e. The molecule has 1 fully saturated rings. The van der Waals surface area contributed by atoms with Crippen LogP contribution in [0.15, 0.2) is 4.90 Å². The first-order valence-electron chi connectivity index (χ1n) is 7.94. The van der Waals surface area contributed by atoms with Crippen LogP contribution < -0.4 is 10.0 Å². The fourth-order valence-electron chi connectivity index (χ4n) is 2.84. The molecule has 0 saturated carbocycles. The molecule has 2 heterocycles. The van der Waals surface area contributed by atoms with Crippen molar-refractivity contribution < 1.29 is 22.7 Å². The van der Waals surface area contributed by atoms with Gasteiger partial charge in [-0.15, -0.1) is 0 Å². The van der Waals surface area contributed by atoms with Crippen molar-refractivity contribution in [3.8, 4) is 0 Å². The number of esters is 1. The molecule has 0 radical (unpaired) electrons. The van der Waals surface area contributed by atoms with E-state index in [4.69, 9.17) is 4.74 Å². The Labute approximate surface area is 141 Å². The van der Waals surface area contributed by atoms with Crippen molar-refractivity contribution in [2.45, 2.75) is 51.0 Å². The zero-order valence-corrected chi connectivity index (χ0v) is 14.9. The average molecular weight is 357 g/mol. The van der Waals surface area contributed by atoms with Gasteiger partial charge in [-0.25, -0.2) is 13.2 Å². The predicted octanol–water partition coefficient (Wildman–Crippen LogP) is 0.755. The number of hydrogen-bond acceptors (Lipinski definition) is 5. The van der Waals surface area contributed by atoms with Crippen LogP contribution in [-0.4, -0.2) is 44.5 Å². The number of aromatic nitrogens is 1. The van der Waals surface area contributed by atoms with E-state index in [-0.39, 0.29) is 28.7 Å². The second kappa shape index (κ2) is 7.35. The molecule has 3 N–H and O–H groups in total. The van der Waals surface area contributed by atoms with Gasteiger partial charge in [0.05, 0.1) is 6.61 Å². The molecule has 1 aromatic heterocycles. The standard InChI is InChI=1S/C15H23N3O5S/c1-4-23-15(20)12-9(2)13(10(3)17-12)24(21,22)18-11-7-5-6-8-16-14(11)19/h11,17-18H,4-8H2,1-3H3,(H,16,19)/t11-/m1/s1. The number of hydrogen-bond donors (Lipinski definition) is 3. The van der Waals surface area contributed by atoms with Gasteiger partial charge in [0.15, 0.2) is 0 Å². The molecule has 24 heavy (non-hydrogen) atoms. The van der Waals surface area contributed by atoms with Crippen molar-refractivity contribution in [2.75, 3.05) is 13.2 Å². The van der Waals surface area contributed by atoms with Crippen LogP contribution in [0.4, 0.5) is 0 Å². The van der Waals surface area contributed by atoms with Gasteiger partial charge in [0.25, 0.3) is 0 Å². The monoisotopic (exact) mass is 357 g/mol.